The number of ether oxygens (including phenoxy) is 2. The highest BCUT2D eigenvalue weighted by molar-refractivity contribution is 9.10. The number of aliphatic hydroxyl groups is 1. The molecule has 0 aromatic heterocycles. The number of rotatable bonds is 7. The number of carbonyl (C=O) groups is 2. The second-order valence-corrected chi connectivity index (χ2v) is 9.42. The number of fused-ring (bicyclic) bond motifs is 1. The van der Waals surface area contributed by atoms with Crippen LogP contribution in [0.3, 0.4) is 0 Å². The van der Waals surface area contributed by atoms with E-state index in [-0.39, 0.29) is 5.56 Å². The minimum atomic E-state index is -2.00. The number of Topliss-reactive ketones (excluding diaryl/α,β-unsaturated/α-hetero) is 1. The first-order valence-electron chi connectivity index (χ1n) is 10.8. The van der Waals surface area contributed by atoms with Crippen molar-refractivity contribution >= 4 is 33.3 Å². The van der Waals surface area contributed by atoms with Gasteiger partial charge in [0.05, 0.1) is 38.4 Å². The predicted octanol–water partition coefficient (Wildman–Crippen LogP) is 5.09. The summed E-state index contributed by atoms with van der Waals surface area (Å²) in [5.41, 5.74) is 2.37. The van der Waals surface area contributed by atoms with Crippen LogP contribution in [0.1, 0.15) is 39.0 Å². The Balaban J connectivity index is 1.73. The van der Waals surface area contributed by atoms with Gasteiger partial charge in [0.2, 0.25) is 0 Å². The number of nitrogens with zero attached hydrogens (tertiary/aromatic N) is 1. The van der Waals surface area contributed by atoms with E-state index in [1.807, 2.05) is 38.1 Å². The topological polar surface area (TPSA) is 76.1 Å². The third-order valence-electron chi connectivity index (χ3n) is 6.25. The Morgan fingerprint density at radius 1 is 1.03 bits per heavy atom. The van der Waals surface area contributed by atoms with Gasteiger partial charge in [-0.2, -0.15) is 0 Å². The van der Waals surface area contributed by atoms with Crippen LogP contribution in [-0.2, 0) is 16.9 Å². The van der Waals surface area contributed by atoms with Crippen molar-refractivity contribution in [1.29, 1.82) is 0 Å². The fraction of sp³-hybridized carbons (Fsp3) is 0.259. The molecule has 0 fully saturated rings. The average Bonchev–Trinajstić information content (AvgIpc) is 3.02. The van der Waals surface area contributed by atoms with Crippen LogP contribution in [0, 0.1) is 13.8 Å². The van der Waals surface area contributed by atoms with Crippen molar-refractivity contribution in [2.75, 3.05) is 19.1 Å². The molecule has 1 aliphatic rings. The van der Waals surface area contributed by atoms with Crippen LogP contribution < -0.4 is 14.4 Å². The molecule has 6 nitrogen and oxygen atoms in total. The highest BCUT2D eigenvalue weighted by Crippen LogP contribution is 2.45. The molecule has 3 aromatic carbocycles. The van der Waals surface area contributed by atoms with E-state index in [0.29, 0.717) is 33.8 Å². The summed E-state index contributed by atoms with van der Waals surface area (Å²) in [6.45, 7) is 4.28. The molecule has 0 spiro atoms. The molecular formula is C27H26BrNO5. The molecule has 0 bridgehead atoms. The average molecular weight is 524 g/mol. The molecule has 1 heterocycles. The largest absolute Gasteiger partial charge is 0.497 e. The van der Waals surface area contributed by atoms with Crippen LogP contribution in [0.25, 0.3) is 0 Å². The number of carbonyl (C=O) groups excluding carboxylic acids is 2. The smallest absolute Gasteiger partial charge is 0.264 e. The van der Waals surface area contributed by atoms with Crippen LogP contribution in [0.4, 0.5) is 5.69 Å². The van der Waals surface area contributed by atoms with E-state index in [4.69, 9.17) is 9.47 Å². The number of amides is 1. The van der Waals surface area contributed by atoms with Crippen molar-refractivity contribution in [3.63, 3.8) is 0 Å². The molecule has 1 N–H and O–H groups in total. The Hall–Kier alpha value is -3.16. The van der Waals surface area contributed by atoms with Crippen LogP contribution in [0.15, 0.2) is 59.1 Å². The molecule has 1 amide bonds. The first-order chi connectivity index (χ1) is 16.2. The maximum absolute atomic E-state index is 13.7. The quantitative estimate of drug-likeness (QED) is 0.436. The van der Waals surface area contributed by atoms with Gasteiger partial charge in [0, 0.05) is 16.1 Å². The van der Waals surface area contributed by atoms with Gasteiger partial charge in [0.1, 0.15) is 11.5 Å². The molecule has 34 heavy (non-hydrogen) atoms. The van der Waals surface area contributed by atoms with Crippen LogP contribution in [0.2, 0.25) is 0 Å². The summed E-state index contributed by atoms with van der Waals surface area (Å²) in [6, 6.07) is 16.2. The second kappa shape index (κ2) is 9.24. The predicted molar refractivity (Wildman–Crippen MR) is 134 cm³/mol. The van der Waals surface area contributed by atoms with Crippen LogP contribution >= 0.6 is 15.9 Å². The van der Waals surface area contributed by atoms with E-state index in [1.165, 1.54) is 14.2 Å². The van der Waals surface area contributed by atoms with Crippen molar-refractivity contribution in [3.8, 4) is 11.5 Å². The van der Waals surface area contributed by atoms with E-state index < -0.39 is 23.7 Å². The number of aryl methyl sites for hydroxylation is 2. The monoisotopic (exact) mass is 523 g/mol. The molecule has 0 aliphatic carbocycles. The van der Waals surface area contributed by atoms with Gasteiger partial charge in [-0.25, -0.2) is 0 Å². The Kier molecular flexibility index (Phi) is 6.51. The molecule has 0 saturated heterocycles. The fourth-order valence-corrected chi connectivity index (χ4v) is 4.71. The molecule has 0 saturated carbocycles. The second-order valence-electron chi connectivity index (χ2n) is 8.51. The number of anilines is 1. The Labute approximate surface area is 207 Å². The minimum absolute atomic E-state index is 0.272. The van der Waals surface area contributed by atoms with Gasteiger partial charge in [-0.1, -0.05) is 39.7 Å². The number of halogens is 1. The Morgan fingerprint density at radius 2 is 1.79 bits per heavy atom. The van der Waals surface area contributed by atoms with Crippen molar-refractivity contribution < 1.29 is 24.2 Å². The highest BCUT2D eigenvalue weighted by Gasteiger charge is 2.51. The van der Waals surface area contributed by atoms with E-state index in [0.717, 1.165) is 16.7 Å². The minimum Gasteiger partial charge on any atom is -0.497 e. The number of hydrogen-bond donors (Lipinski definition) is 1. The molecule has 7 heteroatoms. The summed E-state index contributed by atoms with van der Waals surface area (Å²) in [6.07, 6.45) is -0.415. The van der Waals surface area contributed by atoms with Gasteiger partial charge >= 0.3 is 0 Å². The number of benzene rings is 3. The van der Waals surface area contributed by atoms with Gasteiger partial charge in [-0.05, 0) is 55.3 Å². The Morgan fingerprint density at radius 3 is 2.50 bits per heavy atom. The lowest BCUT2D eigenvalue weighted by atomic mass is 9.88. The molecule has 1 atom stereocenters. The summed E-state index contributed by atoms with van der Waals surface area (Å²) in [7, 11) is 2.98. The molecule has 176 valence electrons. The fourth-order valence-electron chi connectivity index (χ4n) is 4.35. The zero-order valence-corrected chi connectivity index (χ0v) is 21.1. The lowest BCUT2D eigenvalue weighted by molar-refractivity contribution is -0.136. The van der Waals surface area contributed by atoms with Gasteiger partial charge < -0.3 is 19.5 Å². The number of hydrogen-bond acceptors (Lipinski definition) is 5. The van der Waals surface area contributed by atoms with E-state index in [1.54, 1.807) is 35.2 Å². The summed E-state index contributed by atoms with van der Waals surface area (Å²) >= 11 is 3.43. The standard InChI is InChI=1S/C27H26BrNO5/c1-16-5-6-17(2)18(11-16)15-29-23-10-7-19(28)12-22(23)27(32,26(29)31)14-24(30)21-9-8-20(33-3)13-25(21)34-4/h5-13,32H,14-15H2,1-4H3. The third-order valence-corrected chi connectivity index (χ3v) is 6.75. The molecule has 4 rings (SSSR count). The maximum atomic E-state index is 13.7. The zero-order valence-electron chi connectivity index (χ0n) is 19.5. The Bertz CT molecular complexity index is 1290. The summed E-state index contributed by atoms with van der Waals surface area (Å²) in [5, 5.41) is 11.7. The van der Waals surface area contributed by atoms with Crippen molar-refractivity contribution in [1.82, 2.24) is 0 Å². The summed E-state index contributed by atoms with van der Waals surface area (Å²) in [4.78, 5) is 28.6. The van der Waals surface area contributed by atoms with Gasteiger partial charge in [0.15, 0.2) is 11.4 Å². The van der Waals surface area contributed by atoms with Gasteiger partial charge in [0.25, 0.3) is 5.91 Å². The van der Waals surface area contributed by atoms with Crippen LogP contribution in [0.5, 0.6) is 11.5 Å². The number of methoxy groups -OCH3 is 2. The lowest BCUT2D eigenvalue weighted by Crippen LogP contribution is -2.41. The van der Waals surface area contributed by atoms with Crippen molar-refractivity contribution in [2.45, 2.75) is 32.4 Å². The van der Waals surface area contributed by atoms with Gasteiger partial charge in [-0.3, -0.25) is 9.59 Å². The molecule has 1 aliphatic heterocycles. The first kappa shape index (κ1) is 24.0. The van der Waals surface area contributed by atoms with E-state index >= 15 is 0 Å². The van der Waals surface area contributed by atoms with E-state index in [9.17, 15) is 14.7 Å². The summed E-state index contributed by atoms with van der Waals surface area (Å²) in [5.74, 6) is -0.0738. The van der Waals surface area contributed by atoms with E-state index in [2.05, 4.69) is 15.9 Å². The zero-order chi connectivity index (χ0) is 24.6. The van der Waals surface area contributed by atoms with Crippen molar-refractivity contribution in [3.05, 3.63) is 86.9 Å². The van der Waals surface area contributed by atoms with Crippen molar-refractivity contribution in [2.24, 2.45) is 0 Å². The third kappa shape index (κ3) is 4.21. The number of ketones is 1. The molecule has 1 unspecified atom stereocenters. The first-order valence-corrected chi connectivity index (χ1v) is 11.6. The normalized spacial score (nSPS) is 17.0. The molecule has 3 aromatic rings. The lowest BCUT2D eigenvalue weighted by Gasteiger charge is -2.24. The van der Waals surface area contributed by atoms with Gasteiger partial charge in [-0.15, -0.1) is 0 Å². The SMILES string of the molecule is COc1ccc(C(=O)CC2(O)C(=O)N(Cc3cc(C)ccc3C)c3ccc(Br)cc32)c(OC)c1. The summed E-state index contributed by atoms with van der Waals surface area (Å²) < 4.78 is 11.3. The van der Waals surface area contributed by atoms with Crippen LogP contribution in [-0.4, -0.2) is 31.0 Å². The highest BCUT2D eigenvalue weighted by atomic mass is 79.9. The molecular weight excluding hydrogens is 498 g/mol. The maximum Gasteiger partial charge on any atom is 0.264 e. The molecule has 0 radical (unpaired) electrons.